The second-order valence-corrected chi connectivity index (χ2v) is 3.48. The largest absolute Gasteiger partial charge is 0.462 e. The van der Waals surface area contributed by atoms with Crippen LogP contribution in [0.2, 0.25) is 0 Å². The van der Waals surface area contributed by atoms with Gasteiger partial charge in [-0.3, -0.25) is 4.98 Å². The van der Waals surface area contributed by atoms with Gasteiger partial charge in [0.25, 0.3) is 6.43 Å². The Bertz CT molecular complexity index is 385. The maximum absolute atomic E-state index is 12.4. The minimum Gasteiger partial charge on any atom is -0.462 e. The number of pyridine rings is 1. The first-order chi connectivity index (χ1) is 7.60. The maximum atomic E-state index is 12.4. The predicted molar refractivity (Wildman–Crippen MR) is 57.8 cm³/mol. The Labute approximate surface area is 99.9 Å². The molecule has 0 amide bonds. The van der Waals surface area contributed by atoms with E-state index in [2.05, 4.69) is 20.9 Å². The fourth-order valence-electron chi connectivity index (χ4n) is 1.12. The van der Waals surface area contributed by atoms with Gasteiger partial charge in [0.1, 0.15) is 0 Å². The van der Waals surface area contributed by atoms with Crippen molar-refractivity contribution in [3.05, 3.63) is 29.1 Å². The summed E-state index contributed by atoms with van der Waals surface area (Å²) in [5.41, 5.74) is 0.187. The first kappa shape index (κ1) is 13.0. The quantitative estimate of drug-likeness (QED) is 0.633. The summed E-state index contributed by atoms with van der Waals surface area (Å²) in [6.45, 7) is 1.84. The summed E-state index contributed by atoms with van der Waals surface area (Å²) in [6.07, 6.45) is -1.59. The Morgan fingerprint density at radius 3 is 2.81 bits per heavy atom. The van der Waals surface area contributed by atoms with Crippen molar-refractivity contribution in [3.63, 3.8) is 0 Å². The minimum absolute atomic E-state index is 0.0801. The lowest BCUT2D eigenvalue weighted by Crippen LogP contribution is -2.10. The molecule has 0 spiro atoms. The molecule has 0 bridgehead atoms. The van der Waals surface area contributed by atoms with Crippen LogP contribution >= 0.6 is 15.9 Å². The molecule has 0 aliphatic carbocycles. The SMILES string of the molecule is CCOC(=O)c1cc(C(F)F)cnc1CBr. The molecular formula is C10H10BrF2NO2. The first-order valence-corrected chi connectivity index (χ1v) is 5.72. The van der Waals surface area contributed by atoms with Gasteiger partial charge in [-0.25, -0.2) is 13.6 Å². The molecule has 0 atom stereocenters. The number of aromatic nitrogens is 1. The van der Waals surface area contributed by atoms with Gasteiger partial charge in [-0.2, -0.15) is 0 Å². The highest BCUT2D eigenvalue weighted by molar-refractivity contribution is 9.08. The van der Waals surface area contributed by atoms with E-state index >= 15 is 0 Å². The molecule has 0 saturated carbocycles. The Kier molecular flexibility index (Phi) is 4.79. The third-order valence-electron chi connectivity index (χ3n) is 1.87. The van der Waals surface area contributed by atoms with Gasteiger partial charge < -0.3 is 4.74 Å². The monoisotopic (exact) mass is 293 g/mol. The third-order valence-corrected chi connectivity index (χ3v) is 2.40. The summed E-state index contributed by atoms with van der Waals surface area (Å²) in [4.78, 5) is 15.3. The van der Waals surface area contributed by atoms with Crippen LogP contribution in [0.25, 0.3) is 0 Å². The second kappa shape index (κ2) is 5.89. The van der Waals surface area contributed by atoms with E-state index in [1.807, 2.05) is 0 Å². The topological polar surface area (TPSA) is 39.2 Å². The van der Waals surface area contributed by atoms with Crippen LogP contribution in [0.15, 0.2) is 12.3 Å². The highest BCUT2D eigenvalue weighted by Crippen LogP contribution is 2.21. The Morgan fingerprint density at radius 2 is 2.31 bits per heavy atom. The molecule has 1 heterocycles. The van der Waals surface area contributed by atoms with Crippen LogP contribution in [-0.2, 0) is 10.1 Å². The van der Waals surface area contributed by atoms with Crippen LogP contribution in [0, 0.1) is 0 Å². The third kappa shape index (κ3) is 2.98. The van der Waals surface area contributed by atoms with Crippen LogP contribution in [0.1, 0.15) is 35.0 Å². The number of hydrogen-bond acceptors (Lipinski definition) is 3. The molecule has 16 heavy (non-hydrogen) atoms. The molecule has 0 aliphatic rings. The number of rotatable bonds is 4. The van der Waals surface area contributed by atoms with E-state index < -0.39 is 12.4 Å². The highest BCUT2D eigenvalue weighted by Gasteiger charge is 2.17. The van der Waals surface area contributed by atoms with Crippen LogP contribution in [-0.4, -0.2) is 17.6 Å². The van der Waals surface area contributed by atoms with E-state index in [0.29, 0.717) is 11.0 Å². The number of alkyl halides is 3. The lowest BCUT2D eigenvalue weighted by atomic mass is 10.1. The molecule has 88 valence electrons. The number of nitrogens with zero attached hydrogens (tertiary/aromatic N) is 1. The van der Waals surface area contributed by atoms with Crippen molar-refractivity contribution in [1.82, 2.24) is 4.98 Å². The lowest BCUT2D eigenvalue weighted by Gasteiger charge is -2.07. The molecule has 1 aromatic heterocycles. The molecule has 3 nitrogen and oxygen atoms in total. The van der Waals surface area contributed by atoms with Crippen LogP contribution in [0.3, 0.4) is 0 Å². The summed E-state index contributed by atoms with van der Waals surface area (Å²) >= 11 is 3.13. The summed E-state index contributed by atoms with van der Waals surface area (Å²) in [5.74, 6) is -0.632. The molecule has 0 N–H and O–H groups in total. The highest BCUT2D eigenvalue weighted by atomic mass is 79.9. The molecule has 0 aliphatic heterocycles. The van der Waals surface area contributed by atoms with E-state index in [4.69, 9.17) is 4.74 Å². The van der Waals surface area contributed by atoms with E-state index in [1.54, 1.807) is 6.92 Å². The molecule has 1 rings (SSSR count). The zero-order valence-electron chi connectivity index (χ0n) is 8.54. The average molecular weight is 294 g/mol. The minimum atomic E-state index is -2.65. The summed E-state index contributed by atoms with van der Waals surface area (Å²) in [6, 6.07) is 1.12. The molecule has 0 radical (unpaired) electrons. The molecular weight excluding hydrogens is 284 g/mol. The van der Waals surface area contributed by atoms with Crippen molar-refractivity contribution in [2.45, 2.75) is 18.7 Å². The van der Waals surface area contributed by atoms with Gasteiger partial charge in [-0.15, -0.1) is 0 Å². The number of hydrogen-bond donors (Lipinski definition) is 0. The zero-order chi connectivity index (χ0) is 12.1. The van der Waals surface area contributed by atoms with Gasteiger partial charge in [0.05, 0.1) is 17.9 Å². The average Bonchev–Trinajstić information content (AvgIpc) is 2.28. The van der Waals surface area contributed by atoms with Gasteiger partial charge in [-0.1, -0.05) is 15.9 Å². The molecule has 1 aromatic rings. The second-order valence-electron chi connectivity index (χ2n) is 2.92. The predicted octanol–water partition coefficient (Wildman–Crippen LogP) is 3.09. The number of carbonyl (C=O) groups excluding carboxylic acids is 1. The number of esters is 1. The summed E-state index contributed by atoms with van der Waals surface area (Å²) in [7, 11) is 0. The van der Waals surface area contributed by atoms with Crippen molar-refractivity contribution >= 4 is 21.9 Å². The van der Waals surface area contributed by atoms with E-state index in [0.717, 1.165) is 12.3 Å². The number of ether oxygens (including phenoxy) is 1. The van der Waals surface area contributed by atoms with Gasteiger partial charge in [0, 0.05) is 17.1 Å². The van der Waals surface area contributed by atoms with Gasteiger partial charge in [0.15, 0.2) is 0 Å². The van der Waals surface area contributed by atoms with Crippen molar-refractivity contribution in [3.8, 4) is 0 Å². The fraction of sp³-hybridized carbons (Fsp3) is 0.400. The van der Waals surface area contributed by atoms with Gasteiger partial charge in [0.2, 0.25) is 0 Å². The lowest BCUT2D eigenvalue weighted by molar-refractivity contribution is 0.0524. The summed E-state index contributed by atoms with van der Waals surface area (Å²) in [5, 5.41) is 0.310. The standard InChI is InChI=1S/C10H10BrF2NO2/c1-2-16-10(15)7-3-6(9(12)13)5-14-8(7)4-11/h3,5,9H,2,4H2,1H3. The van der Waals surface area contributed by atoms with Crippen molar-refractivity contribution in [2.24, 2.45) is 0 Å². The fourth-order valence-corrected chi connectivity index (χ4v) is 1.57. The van der Waals surface area contributed by atoms with Gasteiger partial charge >= 0.3 is 5.97 Å². The van der Waals surface area contributed by atoms with Crippen molar-refractivity contribution < 1.29 is 18.3 Å². The van der Waals surface area contributed by atoms with Crippen LogP contribution in [0.4, 0.5) is 8.78 Å². The number of carbonyl (C=O) groups is 1. The normalized spacial score (nSPS) is 10.6. The maximum Gasteiger partial charge on any atom is 0.340 e. The molecule has 0 aromatic carbocycles. The smallest absolute Gasteiger partial charge is 0.340 e. The molecule has 0 saturated heterocycles. The Hall–Kier alpha value is -1.04. The van der Waals surface area contributed by atoms with E-state index in [-0.39, 0.29) is 17.7 Å². The molecule has 6 heteroatoms. The zero-order valence-corrected chi connectivity index (χ0v) is 10.1. The van der Waals surface area contributed by atoms with Crippen molar-refractivity contribution in [2.75, 3.05) is 6.61 Å². The van der Waals surface area contributed by atoms with E-state index in [9.17, 15) is 13.6 Å². The van der Waals surface area contributed by atoms with Crippen LogP contribution in [0.5, 0.6) is 0 Å². The number of halogens is 3. The molecule has 0 fully saturated rings. The Morgan fingerprint density at radius 1 is 1.62 bits per heavy atom. The van der Waals surface area contributed by atoms with Gasteiger partial charge in [-0.05, 0) is 13.0 Å². The van der Waals surface area contributed by atoms with E-state index in [1.165, 1.54) is 0 Å². The van der Waals surface area contributed by atoms with Crippen LogP contribution < -0.4 is 0 Å². The summed E-state index contributed by atoms with van der Waals surface area (Å²) < 4.78 is 29.6. The molecule has 0 unspecified atom stereocenters. The first-order valence-electron chi connectivity index (χ1n) is 4.60. The Balaban J connectivity index is 3.11. The van der Waals surface area contributed by atoms with Crippen molar-refractivity contribution in [1.29, 1.82) is 0 Å².